The quantitative estimate of drug-likeness (QED) is 0.402. The summed E-state index contributed by atoms with van der Waals surface area (Å²) in [5, 5.41) is 10.6. The van der Waals surface area contributed by atoms with Crippen LogP contribution >= 0.6 is 24.0 Å². The van der Waals surface area contributed by atoms with Crippen molar-refractivity contribution in [3.8, 4) is 0 Å². The van der Waals surface area contributed by atoms with Crippen molar-refractivity contribution in [2.24, 2.45) is 10.4 Å². The van der Waals surface area contributed by atoms with Crippen LogP contribution in [0, 0.1) is 5.41 Å². The molecule has 0 aromatic carbocycles. The van der Waals surface area contributed by atoms with Gasteiger partial charge in [-0.3, -0.25) is 4.99 Å². The fourth-order valence-electron chi connectivity index (χ4n) is 2.95. The van der Waals surface area contributed by atoms with Crippen molar-refractivity contribution < 1.29 is 9.26 Å². The lowest BCUT2D eigenvalue weighted by Crippen LogP contribution is -2.43. The third-order valence-corrected chi connectivity index (χ3v) is 4.28. The fourth-order valence-corrected chi connectivity index (χ4v) is 2.95. The molecule has 1 aliphatic carbocycles. The number of hydrogen-bond acceptors (Lipinski definition) is 4. The molecule has 1 aliphatic rings. The number of aliphatic imine (C=N–C) groups is 1. The molecule has 22 heavy (non-hydrogen) atoms. The van der Waals surface area contributed by atoms with Crippen molar-refractivity contribution >= 4 is 29.9 Å². The van der Waals surface area contributed by atoms with Gasteiger partial charge in [-0.2, -0.15) is 0 Å². The van der Waals surface area contributed by atoms with E-state index in [1.54, 1.807) is 20.4 Å². The van der Waals surface area contributed by atoms with E-state index in [9.17, 15) is 0 Å². The summed E-state index contributed by atoms with van der Waals surface area (Å²) in [6.45, 7) is 2.38. The lowest BCUT2D eigenvalue weighted by Gasteiger charge is -2.29. The molecule has 0 saturated heterocycles. The van der Waals surface area contributed by atoms with Crippen LogP contribution in [-0.2, 0) is 11.3 Å². The van der Waals surface area contributed by atoms with Gasteiger partial charge in [0.2, 0.25) is 0 Å². The number of halogens is 1. The highest BCUT2D eigenvalue weighted by Crippen LogP contribution is 2.40. The highest BCUT2D eigenvalue weighted by Gasteiger charge is 2.33. The topological polar surface area (TPSA) is 71.7 Å². The molecular weight excluding hydrogens is 395 g/mol. The largest absolute Gasteiger partial charge is 0.385 e. The summed E-state index contributed by atoms with van der Waals surface area (Å²) >= 11 is 0. The van der Waals surface area contributed by atoms with E-state index in [-0.39, 0.29) is 24.0 Å². The smallest absolute Gasteiger partial charge is 0.191 e. The number of nitrogens with zero attached hydrogens (tertiary/aromatic N) is 2. The predicted octanol–water partition coefficient (Wildman–Crippen LogP) is 2.55. The summed E-state index contributed by atoms with van der Waals surface area (Å²) in [5.74, 6) is 0.807. The Morgan fingerprint density at radius 2 is 2.18 bits per heavy atom. The summed E-state index contributed by atoms with van der Waals surface area (Å²) < 4.78 is 10.1. The second-order valence-corrected chi connectivity index (χ2v) is 5.72. The first-order valence-electron chi connectivity index (χ1n) is 7.61. The summed E-state index contributed by atoms with van der Waals surface area (Å²) in [6.07, 6.45) is 7.85. The summed E-state index contributed by atoms with van der Waals surface area (Å²) in [4.78, 5) is 4.26. The number of rotatable bonds is 7. The molecular formula is C15H27IN4O2. The Bertz CT molecular complexity index is 431. The van der Waals surface area contributed by atoms with E-state index in [0.717, 1.165) is 31.2 Å². The lowest BCUT2D eigenvalue weighted by molar-refractivity contribution is 0.138. The SMILES string of the molecule is CN=C(NCc1ccon1)NCC1(CCOC)CCCC1.I. The Labute approximate surface area is 149 Å². The van der Waals surface area contributed by atoms with Gasteiger partial charge in [-0.05, 0) is 24.7 Å². The van der Waals surface area contributed by atoms with Crippen LogP contribution < -0.4 is 10.6 Å². The van der Waals surface area contributed by atoms with Crippen LogP contribution in [0.15, 0.2) is 21.8 Å². The van der Waals surface area contributed by atoms with Crippen LogP contribution in [0.1, 0.15) is 37.8 Å². The monoisotopic (exact) mass is 422 g/mol. The van der Waals surface area contributed by atoms with Gasteiger partial charge in [0, 0.05) is 33.4 Å². The molecule has 7 heteroatoms. The van der Waals surface area contributed by atoms with Gasteiger partial charge in [-0.25, -0.2) is 0 Å². The maximum atomic E-state index is 5.27. The molecule has 1 fully saturated rings. The first-order chi connectivity index (χ1) is 10.3. The van der Waals surface area contributed by atoms with Crippen molar-refractivity contribution in [1.29, 1.82) is 0 Å². The number of methoxy groups -OCH3 is 1. The molecule has 0 amide bonds. The number of aromatic nitrogens is 1. The maximum Gasteiger partial charge on any atom is 0.191 e. The third-order valence-electron chi connectivity index (χ3n) is 4.28. The molecule has 1 aromatic rings. The van der Waals surface area contributed by atoms with E-state index in [0.29, 0.717) is 12.0 Å². The summed E-state index contributed by atoms with van der Waals surface area (Å²) in [7, 11) is 3.56. The molecule has 1 saturated carbocycles. The zero-order chi connectivity index (χ0) is 15.0. The molecule has 0 spiro atoms. The Hall–Kier alpha value is -0.830. The normalized spacial score (nSPS) is 17.1. The first-order valence-corrected chi connectivity index (χ1v) is 7.61. The minimum absolute atomic E-state index is 0. The van der Waals surface area contributed by atoms with Gasteiger partial charge in [-0.1, -0.05) is 18.0 Å². The van der Waals surface area contributed by atoms with Crippen LogP contribution in [0.4, 0.5) is 0 Å². The minimum atomic E-state index is 0. The van der Waals surface area contributed by atoms with E-state index in [4.69, 9.17) is 9.26 Å². The third kappa shape index (κ3) is 5.75. The minimum Gasteiger partial charge on any atom is -0.385 e. The first kappa shape index (κ1) is 19.2. The molecule has 2 rings (SSSR count). The average molecular weight is 422 g/mol. The van der Waals surface area contributed by atoms with E-state index < -0.39 is 0 Å². The second kappa shape index (κ2) is 10.0. The molecule has 1 heterocycles. The molecule has 126 valence electrons. The highest BCUT2D eigenvalue weighted by molar-refractivity contribution is 14.0. The summed E-state index contributed by atoms with van der Waals surface area (Å²) in [6, 6.07) is 1.84. The number of ether oxygens (including phenoxy) is 1. The van der Waals surface area contributed by atoms with Crippen molar-refractivity contribution in [2.75, 3.05) is 27.3 Å². The molecule has 2 N–H and O–H groups in total. The van der Waals surface area contributed by atoms with Gasteiger partial charge < -0.3 is 19.9 Å². The molecule has 0 unspecified atom stereocenters. The van der Waals surface area contributed by atoms with E-state index in [2.05, 4.69) is 20.8 Å². The van der Waals surface area contributed by atoms with Crippen molar-refractivity contribution in [2.45, 2.75) is 38.6 Å². The average Bonchev–Trinajstić information content (AvgIpc) is 3.17. The van der Waals surface area contributed by atoms with Gasteiger partial charge in [0.15, 0.2) is 5.96 Å². The van der Waals surface area contributed by atoms with Crippen molar-refractivity contribution in [3.05, 3.63) is 18.0 Å². The lowest BCUT2D eigenvalue weighted by atomic mass is 9.83. The molecule has 0 bridgehead atoms. The number of nitrogens with one attached hydrogen (secondary N) is 2. The van der Waals surface area contributed by atoms with Crippen molar-refractivity contribution in [3.63, 3.8) is 0 Å². The van der Waals surface area contributed by atoms with Crippen LogP contribution in [-0.4, -0.2) is 38.4 Å². The molecule has 0 atom stereocenters. The number of guanidine groups is 1. The standard InChI is InChI=1S/C15H26N4O2.HI/c1-16-14(17-11-13-5-9-21-19-13)18-12-15(8-10-20-2)6-3-4-7-15;/h5,9H,3-4,6-8,10-12H2,1-2H3,(H2,16,17,18);1H. The predicted molar refractivity (Wildman–Crippen MR) is 97.5 cm³/mol. The molecule has 0 radical (unpaired) electrons. The van der Waals surface area contributed by atoms with Crippen LogP contribution in [0.5, 0.6) is 0 Å². The van der Waals surface area contributed by atoms with E-state index in [1.807, 2.05) is 6.07 Å². The van der Waals surface area contributed by atoms with E-state index >= 15 is 0 Å². The van der Waals surface area contributed by atoms with Crippen LogP contribution in [0.25, 0.3) is 0 Å². The number of hydrogen-bond donors (Lipinski definition) is 2. The highest BCUT2D eigenvalue weighted by atomic mass is 127. The van der Waals surface area contributed by atoms with E-state index in [1.165, 1.54) is 25.7 Å². The zero-order valence-corrected chi connectivity index (χ0v) is 15.8. The Balaban J connectivity index is 0.00000242. The summed E-state index contributed by atoms with van der Waals surface area (Å²) in [5.41, 5.74) is 1.22. The van der Waals surface area contributed by atoms with Gasteiger partial charge in [-0.15, -0.1) is 24.0 Å². The second-order valence-electron chi connectivity index (χ2n) is 5.72. The van der Waals surface area contributed by atoms with Crippen molar-refractivity contribution in [1.82, 2.24) is 15.8 Å². The van der Waals surface area contributed by atoms with Gasteiger partial charge >= 0.3 is 0 Å². The zero-order valence-electron chi connectivity index (χ0n) is 13.4. The molecule has 0 aliphatic heterocycles. The molecule has 1 aromatic heterocycles. The maximum absolute atomic E-state index is 5.27. The Morgan fingerprint density at radius 1 is 1.41 bits per heavy atom. The fraction of sp³-hybridized carbons (Fsp3) is 0.733. The molecule has 6 nitrogen and oxygen atoms in total. The Morgan fingerprint density at radius 3 is 2.77 bits per heavy atom. The van der Waals surface area contributed by atoms with Gasteiger partial charge in [0.05, 0.1) is 6.54 Å². The van der Waals surface area contributed by atoms with Gasteiger partial charge in [0.25, 0.3) is 0 Å². The van der Waals surface area contributed by atoms with Crippen LogP contribution in [0.2, 0.25) is 0 Å². The van der Waals surface area contributed by atoms with Crippen LogP contribution in [0.3, 0.4) is 0 Å². The van der Waals surface area contributed by atoms with Gasteiger partial charge in [0.1, 0.15) is 12.0 Å². The Kier molecular flexibility index (Phi) is 8.77.